The van der Waals surface area contributed by atoms with E-state index in [2.05, 4.69) is 11.0 Å². The third kappa shape index (κ3) is 4.15. The quantitative estimate of drug-likeness (QED) is 0.755. The van der Waals surface area contributed by atoms with Crippen molar-refractivity contribution in [3.8, 4) is 17.6 Å². The van der Waals surface area contributed by atoms with Crippen LogP contribution in [0.15, 0.2) is 46.6 Å². The Bertz CT molecular complexity index is 1110. The van der Waals surface area contributed by atoms with Crippen LogP contribution in [-0.2, 0) is 11.3 Å². The van der Waals surface area contributed by atoms with E-state index in [0.717, 1.165) is 45.0 Å². The predicted octanol–water partition coefficient (Wildman–Crippen LogP) is 1.80. The number of fused-ring (bicyclic) bond motifs is 1. The molecule has 0 radical (unpaired) electrons. The van der Waals surface area contributed by atoms with Crippen LogP contribution in [-0.4, -0.2) is 47.4 Å². The zero-order valence-electron chi connectivity index (χ0n) is 17.5. The van der Waals surface area contributed by atoms with E-state index in [-0.39, 0.29) is 22.8 Å². The fourth-order valence-corrected chi connectivity index (χ4v) is 4.28. The first kappa shape index (κ1) is 21.0. The molecule has 2 aromatic rings. The number of aryl methyl sites for hydroxylation is 1. The molecule has 8 heteroatoms. The molecule has 2 aliphatic rings. The molecule has 2 aliphatic heterocycles. The van der Waals surface area contributed by atoms with Gasteiger partial charge in [0.05, 0.1) is 24.7 Å². The maximum Gasteiger partial charge on any atom is 0.258 e. The van der Waals surface area contributed by atoms with Gasteiger partial charge in [-0.1, -0.05) is 12.1 Å². The standard InChI is InChI=1S/C23H26N4O4/c1-15-12-19-21(23(29)27(15)7-3-6-26-8-10-30-11-9-26)20(18(14-24)22(25)31-19)16-4-2-5-17(28)13-16/h2,4-5,12-13,20,28H,3,6-11,25H2,1H3/t20-/m0/s1. The monoisotopic (exact) mass is 422 g/mol. The van der Waals surface area contributed by atoms with E-state index in [4.69, 9.17) is 15.2 Å². The van der Waals surface area contributed by atoms with E-state index in [9.17, 15) is 15.2 Å². The molecule has 0 saturated carbocycles. The van der Waals surface area contributed by atoms with Crippen LogP contribution in [0.4, 0.5) is 0 Å². The van der Waals surface area contributed by atoms with E-state index in [1.54, 1.807) is 34.9 Å². The Balaban J connectivity index is 1.70. The number of nitrogens with two attached hydrogens (primary N) is 1. The summed E-state index contributed by atoms with van der Waals surface area (Å²) in [5, 5.41) is 19.7. The van der Waals surface area contributed by atoms with Gasteiger partial charge in [-0.15, -0.1) is 0 Å². The summed E-state index contributed by atoms with van der Waals surface area (Å²) in [7, 11) is 0. The first-order valence-electron chi connectivity index (χ1n) is 10.4. The van der Waals surface area contributed by atoms with Gasteiger partial charge < -0.3 is 24.9 Å². The number of pyridine rings is 1. The minimum atomic E-state index is -0.695. The highest BCUT2D eigenvalue weighted by Gasteiger charge is 2.34. The van der Waals surface area contributed by atoms with Gasteiger partial charge in [0.2, 0.25) is 5.88 Å². The molecule has 1 saturated heterocycles. The minimum Gasteiger partial charge on any atom is -0.508 e. The van der Waals surface area contributed by atoms with Gasteiger partial charge in [-0.2, -0.15) is 5.26 Å². The Kier molecular flexibility index (Phi) is 5.98. The van der Waals surface area contributed by atoms with Crippen LogP contribution < -0.4 is 16.0 Å². The smallest absolute Gasteiger partial charge is 0.258 e. The molecular formula is C23H26N4O4. The number of phenols is 1. The van der Waals surface area contributed by atoms with Crippen molar-refractivity contribution in [1.82, 2.24) is 9.47 Å². The van der Waals surface area contributed by atoms with Crippen molar-refractivity contribution in [3.05, 3.63) is 69.0 Å². The van der Waals surface area contributed by atoms with Crippen LogP contribution in [0.1, 0.15) is 29.2 Å². The Morgan fingerprint density at radius 2 is 2.03 bits per heavy atom. The summed E-state index contributed by atoms with van der Waals surface area (Å²) in [5.41, 5.74) is 7.74. The Morgan fingerprint density at radius 3 is 2.74 bits per heavy atom. The number of phenolic OH excluding ortho intramolecular Hbond substituents is 1. The number of allylic oxidation sites excluding steroid dienone is 1. The Morgan fingerprint density at radius 1 is 1.26 bits per heavy atom. The molecule has 1 aromatic heterocycles. The van der Waals surface area contributed by atoms with E-state index >= 15 is 0 Å². The number of hydrogen-bond acceptors (Lipinski definition) is 7. The molecule has 1 aromatic carbocycles. The highest BCUT2D eigenvalue weighted by molar-refractivity contribution is 5.55. The second kappa shape index (κ2) is 8.84. The summed E-state index contributed by atoms with van der Waals surface area (Å²) in [6, 6.07) is 10.4. The second-order valence-corrected chi connectivity index (χ2v) is 7.85. The highest BCUT2D eigenvalue weighted by atomic mass is 16.5. The number of ether oxygens (including phenoxy) is 2. The van der Waals surface area contributed by atoms with E-state index in [1.807, 2.05) is 6.92 Å². The maximum absolute atomic E-state index is 13.6. The number of benzene rings is 1. The van der Waals surface area contributed by atoms with Gasteiger partial charge in [0.1, 0.15) is 23.1 Å². The van der Waals surface area contributed by atoms with Crippen LogP contribution >= 0.6 is 0 Å². The molecule has 4 rings (SSSR count). The van der Waals surface area contributed by atoms with Gasteiger partial charge in [0.15, 0.2) is 0 Å². The van der Waals surface area contributed by atoms with Crippen molar-refractivity contribution in [2.45, 2.75) is 25.8 Å². The van der Waals surface area contributed by atoms with Gasteiger partial charge in [0, 0.05) is 37.9 Å². The van der Waals surface area contributed by atoms with Gasteiger partial charge in [-0.25, -0.2) is 0 Å². The largest absolute Gasteiger partial charge is 0.508 e. The van der Waals surface area contributed by atoms with Gasteiger partial charge in [-0.3, -0.25) is 9.69 Å². The van der Waals surface area contributed by atoms with Crippen molar-refractivity contribution in [1.29, 1.82) is 5.26 Å². The average molecular weight is 422 g/mol. The molecule has 0 amide bonds. The van der Waals surface area contributed by atoms with Crippen LogP contribution in [0, 0.1) is 18.3 Å². The van der Waals surface area contributed by atoms with E-state index in [1.165, 1.54) is 0 Å². The van der Waals surface area contributed by atoms with Crippen molar-refractivity contribution in [2.24, 2.45) is 5.73 Å². The summed E-state index contributed by atoms with van der Waals surface area (Å²) in [6.07, 6.45) is 0.820. The van der Waals surface area contributed by atoms with Gasteiger partial charge in [-0.05, 0) is 31.0 Å². The number of morpholine rings is 1. The van der Waals surface area contributed by atoms with E-state index in [0.29, 0.717) is 23.4 Å². The Labute approximate surface area is 180 Å². The molecule has 8 nitrogen and oxygen atoms in total. The van der Waals surface area contributed by atoms with Gasteiger partial charge >= 0.3 is 0 Å². The number of aromatic hydroxyl groups is 1. The average Bonchev–Trinajstić information content (AvgIpc) is 2.76. The highest BCUT2D eigenvalue weighted by Crippen LogP contribution is 2.41. The SMILES string of the molecule is Cc1cc2c(c(=O)n1CCCN1CCOCC1)[C@@H](c1cccc(O)c1)C(C#N)=C(N)O2. The lowest BCUT2D eigenvalue weighted by Crippen LogP contribution is -2.38. The maximum atomic E-state index is 13.6. The second-order valence-electron chi connectivity index (χ2n) is 7.85. The van der Waals surface area contributed by atoms with Crippen molar-refractivity contribution < 1.29 is 14.6 Å². The molecule has 3 heterocycles. The first-order chi connectivity index (χ1) is 15.0. The molecule has 1 fully saturated rings. The number of hydrogen-bond donors (Lipinski definition) is 2. The van der Waals surface area contributed by atoms with Crippen LogP contribution in [0.25, 0.3) is 0 Å². The predicted molar refractivity (Wildman–Crippen MR) is 115 cm³/mol. The van der Waals surface area contributed by atoms with Crippen molar-refractivity contribution in [3.63, 3.8) is 0 Å². The summed E-state index contributed by atoms with van der Waals surface area (Å²) >= 11 is 0. The zero-order chi connectivity index (χ0) is 22.0. The summed E-state index contributed by atoms with van der Waals surface area (Å²) in [6.45, 7) is 6.60. The van der Waals surface area contributed by atoms with Gasteiger partial charge in [0.25, 0.3) is 5.56 Å². The van der Waals surface area contributed by atoms with Crippen LogP contribution in [0.2, 0.25) is 0 Å². The fourth-order valence-electron chi connectivity index (χ4n) is 4.28. The van der Waals surface area contributed by atoms with Crippen LogP contribution in [0.5, 0.6) is 11.5 Å². The molecule has 1 atom stereocenters. The zero-order valence-corrected chi connectivity index (χ0v) is 17.5. The Hall–Kier alpha value is -3.28. The van der Waals surface area contributed by atoms with Crippen LogP contribution in [0.3, 0.4) is 0 Å². The third-order valence-electron chi connectivity index (χ3n) is 5.85. The number of nitriles is 1. The normalized spacial score (nSPS) is 18.9. The number of rotatable bonds is 5. The van der Waals surface area contributed by atoms with Crippen molar-refractivity contribution in [2.75, 3.05) is 32.8 Å². The van der Waals surface area contributed by atoms with E-state index < -0.39 is 5.92 Å². The minimum absolute atomic E-state index is 0.0211. The molecule has 3 N–H and O–H groups in total. The summed E-state index contributed by atoms with van der Waals surface area (Å²) in [5.74, 6) is -0.303. The van der Waals surface area contributed by atoms with Crippen molar-refractivity contribution >= 4 is 0 Å². The molecule has 162 valence electrons. The molecule has 0 spiro atoms. The lowest BCUT2D eigenvalue weighted by atomic mass is 9.84. The molecule has 0 unspecified atom stereocenters. The summed E-state index contributed by atoms with van der Waals surface area (Å²) < 4.78 is 12.8. The molecule has 0 bridgehead atoms. The number of nitrogens with zero attached hydrogens (tertiary/aromatic N) is 3. The molecular weight excluding hydrogens is 396 g/mol. The lowest BCUT2D eigenvalue weighted by Gasteiger charge is -2.28. The first-order valence-corrected chi connectivity index (χ1v) is 10.4. The molecule has 0 aliphatic carbocycles. The lowest BCUT2D eigenvalue weighted by molar-refractivity contribution is 0.0369. The number of aromatic nitrogens is 1. The molecule has 31 heavy (non-hydrogen) atoms. The third-order valence-corrected chi connectivity index (χ3v) is 5.85. The summed E-state index contributed by atoms with van der Waals surface area (Å²) in [4.78, 5) is 15.9. The fraction of sp³-hybridized carbons (Fsp3) is 0.391. The topological polar surface area (TPSA) is 114 Å².